The van der Waals surface area contributed by atoms with Gasteiger partial charge in [-0.2, -0.15) is 0 Å². The Labute approximate surface area is 177 Å². The Morgan fingerprint density at radius 1 is 1.27 bits per heavy atom. The highest BCUT2D eigenvalue weighted by atomic mass is 16.5. The van der Waals surface area contributed by atoms with Crippen molar-refractivity contribution in [1.82, 2.24) is 15.3 Å². The molecule has 1 atom stereocenters. The summed E-state index contributed by atoms with van der Waals surface area (Å²) in [7, 11) is 0. The predicted octanol–water partition coefficient (Wildman–Crippen LogP) is 2.91. The van der Waals surface area contributed by atoms with Gasteiger partial charge in [0.15, 0.2) is 5.78 Å². The molecule has 7 nitrogen and oxygen atoms in total. The Balaban J connectivity index is 1.98. The lowest BCUT2D eigenvalue weighted by atomic mass is 10.0. The van der Waals surface area contributed by atoms with Crippen LogP contribution in [-0.2, 0) is 17.6 Å². The van der Waals surface area contributed by atoms with E-state index in [1.807, 2.05) is 20.8 Å². The number of carbonyl (C=O) groups excluding carboxylic acids is 1. The van der Waals surface area contributed by atoms with Gasteiger partial charge in [0.2, 0.25) is 0 Å². The summed E-state index contributed by atoms with van der Waals surface area (Å²) in [4.78, 5) is 33.1. The SMILES string of the molecule is CCCOc1ccc(C(=O)CC2CNCCO2)cc1-c1nc(CC)c(CC)c(=O)[nH]1. The van der Waals surface area contributed by atoms with Crippen LogP contribution in [0.2, 0.25) is 0 Å². The third-order valence-electron chi connectivity index (χ3n) is 5.23. The van der Waals surface area contributed by atoms with E-state index in [4.69, 9.17) is 14.5 Å². The Kier molecular flexibility index (Phi) is 7.76. The molecular formula is C23H31N3O4. The lowest BCUT2D eigenvalue weighted by Gasteiger charge is -2.23. The van der Waals surface area contributed by atoms with E-state index in [1.54, 1.807) is 18.2 Å². The molecule has 3 rings (SSSR count). The molecule has 2 N–H and O–H groups in total. The Bertz CT molecular complexity index is 933. The molecule has 30 heavy (non-hydrogen) atoms. The van der Waals surface area contributed by atoms with E-state index < -0.39 is 0 Å². The zero-order valence-electron chi connectivity index (χ0n) is 18.0. The van der Waals surface area contributed by atoms with Crippen LogP contribution in [0.25, 0.3) is 11.4 Å². The summed E-state index contributed by atoms with van der Waals surface area (Å²) in [6.07, 6.45) is 2.32. The van der Waals surface area contributed by atoms with Crippen LogP contribution in [0, 0.1) is 0 Å². The fourth-order valence-corrected chi connectivity index (χ4v) is 3.63. The Morgan fingerprint density at radius 2 is 2.10 bits per heavy atom. The number of aromatic amines is 1. The first-order valence-corrected chi connectivity index (χ1v) is 10.8. The van der Waals surface area contributed by atoms with Gasteiger partial charge in [0.25, 0.3) is 5.56 Å². The molecule has 1 fully saturated rings. The van der Waals surface area contributed by atoms with Gasteiger partial charge < -0.3 is 19.8 Å². The maximum atomic E-state index is 12.9. The fourth-order valence-electron chi connectivity index (χ4n) is 3.63. The first-order valence-electron chi connectivity index (χ1n) is 10.8. The zero-order valence-corrected chi connectivity index (χ0v) is 18.0. The highest BCUT2D eigenvalue weighted by Crippen LogP contribution is 2.30. The number of aromatic nitrogens is 2. The third-order valence-corrected chi connectivity index (χ3v) is 5.23. The highest BCUT2D eigenvalue weighted by molar-refractivity contribution is 5.97. The maximum Gasteiger partial charge on any atom is 0.254 e. The van der Waals surface area contributed by atoms with Gasteiger partial charge in [0, 0.05) is 30.6 Å². The number of ether oxygens (including phenoxy) is 2. The van der Waals surface area contributed by atoms with E-state index >= 15 is 0 Å². The van der Waals surface area contributed by atoms with E-state index in [0.29, 0.717) is 67.3 Å². The normalized spacial score (nSPS) is 16.4. The second-order valence-corrected chi connectivity index (χ2v) is 7.43. The molecule has 0 amide bonds. The highest BCUT2D eigenvalue weighted by Gasteiger charge is 2.21. The minimum absolute atomic E-state index is 0.00441. The monoisotopic (exact) mass is 413 g/mol. The molecule has 7 heteroatoms. The van der Waals surface area contributed by atoms with E-state index in [1.165, 1.54) is 0 Å². The number of morpholine rings is 1. The average molecular weight is 414 g/mol. The van der Waals surface area contributed by atoms with Gasteiger partial charge in [-0.1, -0.05) is 20.8 Å². The first kappa shape index (κ1) is 22.2. The zero-order chi connectivity index (χ0) is 21.5. The second kappa shape index (κ2) is 10.5. The van der Waals surface area contributed by atoms with Gasteiger partial charge in [-0.05, 0) is 37.5 Å². The van der Waals surface area contributed by atoms with Crippen LogP contribution in [0.1, 0.15) is 55.2 Å². The summed E-state index contributed by atoms with van der Waals surface area (Å²) in [5.41, 5.74) is 2.52. The molecule has 1 aromatic carbocycles. The number of ketones is 1. The first-order chi connectivity index (χ1) is 14.6. The summed E-state index contributed by atoms with van der Waals surface area (Å²) in [5, 5.41) is 3.24. The molecule has 0 aliphatic carbocycles. The molecule has 0 spiro atoms. The molecule has 1 aliphatic heterocycles. The number of benzene rings is 1. The Hall–Kier alpha value is -2.51. The number of carbonyl (C=O) groups is 1. The van der Waals surface area contributed by atoms with Gasteiger partial charge >= 0.3 is 0 Å². The molecule has 1 aromatic heterocycles. The molecule has 1 aliphatic rings. The molecule has 0 bridgehead atoms. The van der Waals surface area contributed by atoms with Gasteiger partial charge in [-0.3, -0.25) is 9.59 Å². The summed E-state index contributed by atoms with van der Waals surface area (Å²) in [6.45, 7) is 8.59. The van der Waals surface area contributed by atoms with Crippen LogP contribution in [-0.4, -0.2) is 48.2 Å². The second-order valence-electron chi connectivity index (χ2n) is 7.43. The van der Waals surface area contributed by atoms with Crippen LogP contribution >= 0.6 is 0 Å². The van der Waals surface area contributed by atoms with Gasteiger partial charge in [-0.15, -0.1) is 0 Å². The number of hydrogen-bond donors (Lipinski definition) is 2. The molecule has 162 valence electrons. The molecule has 0 radical (unpaired) electrons. The van der Waals surface area contributed by atoms with Crippen molar-refractivity contribution in [2.75, 3.05) is 26.3 Å². The van der Waals surface area contributed by atoms with E-state index in [0.717, 1.165) is 18.7 Å². The quantitative estimate of drug-likeness (QED) is 0.614. The van der Waals surface area contributed by atoms with Crippen LogP contribution < -0.4 is 15.6 Å². The lowest BCUT2D eigenvalue weighted by molar-refractivity contribution is 0.0240. The summed E-state index contributed by atoms with van der Waals surface area (Å²) in [5.74, 6) is 1.04. The fraction of sp³-hybridized carbons (Fsp3) is 0.522. The van der Waals surface area contributed by atoms with Crippen molar-refractivity contribution < 1.29 is 14.3 Å². The van der Waals surface area contributed by atoms with E-state index in [2.05, 4.69) is 10.3 Å². The smallest absolute Gasteiger partial charge is 0.254 e. The number of nitrogens with zero attached hydrogens (tertiary/aromatic N) is 1. The Morgan fingerprint density at radius 3 is 2.77 bits per heavy atom. The van der Waals surface area contributed by atoms with Crippen molar-refractivity contribution in [3.8, 4) is 17.1 Å². The van der Waals surface area contributed by atoms with E-state index in [9.17, 15) is 9.59 Å². The van der Waals surface area contributed by atoms with Crippen LogP contribution in [0.5, 0.6) is 5.75 Å². The summed E-state index contributed by atoms with van der Waals surface area (Å²) in [6, 6.07) is 5.33. The summed E-state index contributed by atoms with van der Waals surface area (Å²) < 4.78 is 11.6. The third kappa shape index (κ3) is 5.15. The van der Waals surface area contributed by atoms with Crippen LogP contribution in [0.4, 0.5) is 0 Å². The molecule has 2 heterocycles. The predicted molar refractivity (Wildman–Crippen MR) is 116 cm³/mol. The van der Waals surface area contributed by atoms with Crippen LogP contribution in [0.3, 0.4) is 0 Å². The minimum Gasteiger partial charge on any atom is -0.493 e. The van der Waals surface area contributed by atoms with Gasteiger partial charge in [0.05, 0.1) is 30.6 Å². The van der Waals surface area contributed by atoms with Crippen molar-refractivity contribution in [3.63, 3.8) is 0 Å². The van der Waals surface area contributed by atoms with Crippen molar-refractivity contribution in [2.24, 2.45) is 0 Å². The molecule has 2 aromatic rings. The standard InChI is InChI=1S/C23H31N3O4/c1-4-10-30-21-8-7-15(20(27)13-16-14-24-9-11-29-16)12-18(21)22-25-19(6-3)17(5-2)23(28)26-22/h7-8,12,16,24H,4-6,9-11,13-14H2,1-3H3,(H,25,26,28). The average Bonchev–Trinajstić information content (AvgIpc) is 2.77. The molecule has 1 unspecified atom stereocenters. The number of H-pyrrole nitrogens is 1. The van der Waals surface area contributed by atoms with Crippen molar-refractivity contribution in [3.05, 3.63) is 45.4 Å². The lowest BCUT2D eigenvalue weighted by Crippen LogP contribution is -2.39. The molecule has 0 saturated carbocycles. The number of aryl methyl sites for hydroxylation is 1. The summed E-state index contributed by atoms with van der Waals surface area (Å²) >= 11 is 0. The number of Topliss-reactive ketones (excluding diaryl/α,β-unsaturated/α-hetero) is 1. The topological polar surface area (TPSA) is 93.3 Å². The number of rotatable bonds is 9. The largest absolute Gasteiger partial charge is 0.493 e. The minimum atomic E-state index is -0.140. The molecule has 1 saturated heterocycles. The number of nitrogens with one attached hydrogen (secondary N) is 2. The van der Waals surface area contributed by atoms with Gasteiger partial charge in [0.1, 0.15) is 11.6 Å². The maximum absolute atomic E-state index is 12.9. The molecular weight excluding hydrogens is 382 g/mol. The van der Waals surface area contributed by atoms with Crippen molar-refractivity contribution in [1.29, 1.82) is 0 Å². The van der Waals surface area contributed by atoms with Crippen LogP contribution in [0.15, 0.2) is 23.0 Å². The van der Waals surface area contributed by atoms with Crippen molar-refractivity contribution >= 4 is 5.78 Å². The van der Waals surface area contributed by atoms with E-state index in [-0.39, 0.29) is 17.4 Å². The van der Waals surface area contributed by atoms with Gasteiger partial charge in [-0.25, -0.2) is 4.98 Å². The van der Waals surface area contributed by atoms with Crippen molar-refractivity contribution in [2.45, 2.75) is 52.6 Å². The number of hydrogen-bond acceptors (Lipinski definition) is 6.